The molecule has 0 unspecified atom stereocenters. The maximum Gasteiger partial charge on any atom is 0.185 e. The summed E-state index contributed by atoms with van der Waals surface area (Å²) in [6, 6.07) is 12.0. The molecule has 2 aromatic carbocycles. The maximum absolute atomic E-state index is 10.6. The third-order valence-corrected chi connectivity index (χ3v) is 3.07. The van der Waals surface area contributed by atoms with Crippen molar-refractivity contribution in [1.29, 1.82) is 0 Å². The lowest BCUT2D eigenvalue weighted by Crippen LogP contribution is -1.84. The Hall–Kier alpha value is -2.62. The number of carbonyl (C=O) groups is 1. The number of hydrogen-bond donors (Lipinski definition) is 1. The largest absolute Gasteiger partial charge is 0.497 e. The van der Waals surface area contributed by atoms with E-state index >= 15 is 0 Å². The van der Waals surface area contributed by atoms with Crippen LogP contribution in [0.2, 0.25) is 0 Å². The number of carbonyl (C=O) groups excluding carboxylic acids is 1. The summed E-state index contributed by atoms with van der Waals surface area (Å²) in [4.78, 5) is 17.6. The van der Waals surface area contributed by atoms with Gasteiger partial charge in [0.15, 0.2) is 12.1 Å². The maximum atomic E-state index is 10.6. The van der Waals surface area contributed by atoms with Gasteiger partial charge in [-0.25, -0.2) is 4.98 Å². The Morgan fingerprint density at radius 3 is 2.68 bits per heavy atom. The first-order valence-electron chi connectivity index (χ1n) is 5.88. The predicted molar refractivity (Wildman–Crippen MR) is 73.5 cm³/mol. The number of nitrogens with zero attached hydrogens (tertiary/aromatic N) is 1. The zero-order valence-electron chi connectivity index (χ0n) is 10.4. The summed E-state index contributed by atoms with van der Waals surface area (Å²) in [5, 5.41) is 2.22. The van der Waals surface area contributed by atoms with E-state index < -0.39 is 0 Å². The van der Waals surface area contributed by atoms with Gasteiger partial charge in [0, 0.05) is 5.56 Å². The molecule has 0 fully saturated rings. The van der Waals surface area contributed by atoms with E-state index in [0.29, 0.717) is 12.1 Å². The van der Waals surface area contributed by atoms with Gasteiger partial charge in [-0.3, -0.25) is 4.79 Å². The normalized spacial score (nSPS) is 10.6. The highest BCUT2D eigenvalue weighted by Gasteiger charge is 2.04. The molecule has 0 amide bonds. The number of imidazole rings is 1. The monoisotopic (exact) mass is 252 g/mol. The highest BCUT2D eigenvalue weighted by molar-refractivity contribution is 5.88. The highest BCUT2D eigenvalue weighted by atomic mass is 16.5. The van der Waals surface area contributed by atoms with Gasteiger partial charge >= 0.3 is 0 Å². The lowest BCUT2D eigenvalue weighted by atomic mass is 10.1. The zero-order chi connectivity index (χ0) is 13.2. The summed E-state index contributed by atoms with van der Waals surface area (Å²) in [5.41, 5.74) is 1.83. The molecule has 0 aliphatic carbocycles. The van der Waals surface area contributed by atoms with Crippen molar-refractivity contribution < 1.29 is 9.53 Å². The van der Waals surface area contributed by atoms with Crippen molar-refractivity contribution in [3.05, 3.63) is 48.4 Å². The summed E-state index contributed by atoms with van der Waals surface area (Å²) in [7, 11) is 1.65. The Morgan fingerprint density at radius 1 is 1.16 bits per heavy atom. The fourth-order valence-electron chi connectivity index (χ4n) is 2.06. The summed E-state index contributed by atoms with van der Waals surface area (Å²) < 4.78 is 5.20. The minimum absolute atomic E-state index is 0.338. The quantitative estimate of drug-likeness (QED) is 0.729. The second-order valence-electron chi connectivity index (χ2n) is 4.23. The van der Waals surface area contributed by atoms with Gasteiger partial charge < -0.3 is 9.72 Å². The Balaban J connectivity index is 2.08. The molecular formula is C15H12N2O2. The van der Waals surface area contributed by atoms with Crippen molar-refractivity contribution in [3.63, 3.8) is 0 Å². The van der Waals surface area contributed by atoms with Crippen LogP contribution < -0.4 is 4.74 Å². The Kier molecular flexibility index (Phi) is 2.76. The third-order valence-electron chi connectivity index (χ3n) is 3.07. The Labute approximate surface area is 110 Å². The standard InChI is InChI=1S/C15H12N2O2/c1-19-13-5-4-10-6-12(3-2-11(10)7-13)14-8-16-15(9-18)17-14/h2-9H,1H3,(H,16,17). The van der Waals surface area contributed by atoms with E-state index in [0.717, 1.165) is 27.8 Å². The minimum atomic E-state index is 0.338. The first-order chi connectivity index (χ1) is 9.30. The van der Waals surface area contributed by atoms with Crippen LogP contribution in [0.4, 0.5) is 0 Å². The van der Waals surface area contributed by atoms with Crippen LogP contribution >= 0.6 is 0 Å². The van der Waals surface area contributed by atoms with Gasteiger partial charge in [-0.15, -0.1) is 0 Å². The van der Waals surface area contributed by atoms with E-state index in [1.165, 1.54) is 0 Å². The number of methoxy groups -OCH3 is 1. The van der Waals surface area contributed by atoms with Gasteiger partial charge in [-0.05, 0) is 29.0 Å². The SMILES string of the molecule is COc1ccc2cc(-c3cnc(C=O)[nH]3)ccc2c1. The molecule has 0 atom stereocenters. The molecule has 1 N–H and O–H groups in total. The van der Waals surface area contributed by atoms with Gasteiger partial charge in [-0.2, -0.15) is 0 Å². The second kappa shape index (κ2) is 4.57. The fourth-order valence-corrected chi connectivity index (χ4v) is 2.06. The van der Waals surface area contributed by atoms with E-state index in [2.05, 4.69) is 16.0 Å². The molecule has 19 heavy (non-hydrogen) atoms. The molecule has 0 radical (unpaired) electrons. The zero-order valence-corrected chi connectivity index (χ0v) is 10.4. The molecule has 0 aliphatic heterocycles. The first kappa shape index (κ1) is 11.5. The van der Waals surface area contributed by atoms with Crippen molar-refractivity contribution in [2.45, 2.75) is 0 Å². The lowest BCUT2D eigenvalue weighted by Gasteiger charge is -2.04. The molecule has 3 aromatic rings. The van der Waals surface area contributed by atoms with E-state index in [9.17, 15) is 4.79 Å². The minimum Gasteiger partial charge on any atom is -0.497 e. The van der Waals surface area contributed by atoms with Crippen LogP contribution in [-0.2, 0) is 0 Å². The fraction of sp³-hybridized carbons (Fsp3) is 0.0667. The van der Waals surface area contributed by atoms with Crippen LogP contribution in [0.25, 0.3) is 22.0 Å². The summed E-state index contributed by atoms with van der Waals surface area (Å²) in [6.07, 6.45) is 2.36. The van der Waals surface area contributed by atoms with Crippen molar-refractivity contribution in [1.82, 2.24) is 9.97 Å². The number of hydrogen-bond acceptors (Lipinski definition) is 3. The van der Waals surface area contributed by atoms with Gasteiger partial charge in [0.2, 0.25) is 0 Å². The number of aromatic nitrogens is 2. The summed E-state index contributed by atoms with van der Waals surface area (Å²) in [6.45, 7) is 0. The Bertz CT molecular complexity index is 747. The number of nitrogens with one attached hydrogen (secondary N) is 1. The molecule has 0 spiro atoms. The predicted octanol–water partition coefficient (Wildman–Crippen LogP) is 3.05. The van der Waals surface area contributed by atoms with Crippen LogP contribution in [0.3, 0.4) is 0 Å². The Morgan fingerprint density at radius 2 is 1.95 bits per heavy atom. The molecule has 3 rings (SSSR count). The average Bonchev–Trinajstić information content (AvgIpc) is 2.95. The molecule has 4 nitrogen and oxygen atoms in total. The topological polar surface area (TPSA) is 55.0 Å². The molecule has 0 bridgehead atoms. The summed E-state index contributed by atoms with van der Waals surface area (Å²) in [5.74, 6) is 1.18. The average molecular weight is 252 g/mol. The molecule has 1 aromatic heterocycles. The molecule has 0 saturated carbocycles. The molecule has 1 heterocycles. The first-order valence-corrected chi connectivity index (χ1v) is 5.88. The number of fused-ring (bicyclic) bond motifs is 1. The van der Waals surface area contributed by atoms with Gasteiger partial charge in [0.25, 0.3) is 0 Å². The number of H-pyrrole nitrogens is 1. The van der Waals surface area contributed by atoms with E-state index in [-0.39, 0.29) is 0 Å². The van der Waals surface area contributed by atoms with Gasteiger partial charge in [0.05, 0.1) is 19.0 Å². The highest BCUT2D eigenvalue weighted by Crippen LogP contribution is 2.26. The van der Waals surface area contributed by atoms with Gasteiger partial charge in [0.1, 0.15) is 5.75 Å². The van der Waals surface area contributed by atoms with Gasteiger partial charge in [-0.1, -0.05) is 18.2 Å². The second-order valence-corrected chi connectivity index (χ2v) is 4.23. The number of aldehydes is 1. The van der Waals surface area contributed by atoms with Crippen molar-refractivity contribution in [2.75, 3.05) is 7.11 Å². The van der Waals surface area contributed by atoms with Crippen LogP contribution in [0.5, 0.6) is 5.75 Å². The number of ether oxygens (including phenoxy) is 1. The number of rotatable bonds is 3. The smallest absolute Gasteiger partial charge is 0.185 e. The van der Waals surface area contributed by atoms with Crippen LogP contribution in [0, 0.1) is 0 Å². The van der Waals surface area contributed by atoms with Crippen LogP contribution in [-0.4, -0.2) is 23.4 Å². The number of benzene rings is 2. The molecule has 0 aliphatic rings. The van der Waals surface area contributed by atoms with E-state index in [1.54, 1.807) is 13.3 Å². The van der Waals surface area contributed by atoms with Crippen molar-refractivity contribution >= 4 is 17.1 Å². The van der Waals surface area contributed by atoms with Crippen LogP contribution in [0.15, 0.2) is 42.6 Å². The molecule has 4 heteroatoms. The molecular weight excluding hydrogens is 240 g/mol. The molecule has 94 valence electrons. The third kappa shape index (κ3) is 2.08. The number of aromatic amines is 1. The van der Waals surface area contributed by atoms with Crippen molar-refractivity contribution in [3.8, 4) is 17.0 Å². The lowest BCUT2D eigenvalue weighted by molar-refractivity contribution is 0.111. The van der Waals surface area contributed by atoms with E-state index in [4.69, 9.17) is 4.74 Å². The van der Waals surface area contributed by atoms with E-state index in [1.807, 2.05) is 30.3 Å². The summed E-state index contributed by atoms with van der Waals surface area (Å²) >= 11 is 0. The van der Waals surface area contributed by atoms with Crippen molar-refractivity contribution in [2.24, 2.45) is 0 Å². The molecule has 0 saturated heterocycles. The van der Waals surface area contributed by atoms with Crippen LogP contribution in [0.1, 0.15) is 10.6 Å².